The van der Waals surface area contributed by atoms with Gasteiger partial charge in [-0.2, -0.15) is 0 Å². The van der Waals surface area contributed by atoms with Gasteiger partial charge in [0.25, 0.3) is 0 Å². The number of rotatable bonds is 6. The Hall–Kier alpha value is -2.88. The van der Waals surface area contributed by atoms with Crippen LogP contribution in [0.5, 0.6) is 5.75 Å². The summed E-state index contributed by atoms with van der Waals surface area (Å²) >= 11 is 0. The fourth-order valence-electron chi connectivity index (χ4n) is 4.26. The maximum absolute atomic E-state index is 12.8. The van der Waals surface area contributed by atoms with Crippen LogP contribution in [0.15, 0.2) is 42.6 Å². The Labute approximate surface area is 163 Å². The highest BCUT2D eigenvalue weighted by Crippen LogP contribution is 2.44. The number of nitrogens with one attached hydrogen (secondary N) is 1. The molecule has 1 saturated carbocycles. The van der Waals surface area contributed by atoms with Gasteiger partial charge in [-0.05, 0) is 48.6 Å². The number of carbonyl (C=O) groups is 2. The lowest BCUT2D eigenvalue weighted by Gasteiger charge is -2.13. The molecule has 1 aliphatic heterocycles. The van der Waals surface area contributed by atoms with Gasteiger partial charge in [-0.25, -0.2) is 0 Å². The van der Waals surface area contributed by atoms with Crippen molar-refractivity contribution in [3.05, 3.63) is 64.8 Å². The summed E-state index contributed by atoms with van der Waals surface area (Å²) in [5.74, 6) is 1.37. The molecule has 0 radical (unpaired) electrons. The lowest BCUT2D eigenvalue weighted by molar-refractivity contribution is 0.0976. The molecule has 142 valence electrons. The standard InChI is InChI=1S/C24H23NO3/c1-2-22(26)19-12-15(23(27)10-14-6-7-14)11-18-20(13-28-24(18)19)16-4-3-5-21-17(16)8-9-25-21/h3-5,8-9,11-12,14,20,25H,2,6-7,10,13H2,1H3/t20-/m0/s1. The van der Waals surface area contributed by atoms with E-state index in [4.69, 9.17) is 4.74 Å². The molecule has 1 atom stereocenters. The first kappa shape index (κ1) is 17.2. The minimum absolute atomic E-state index is 0.0200. The van der Waals surface area contributed by atoms with Crippen LogP contribution >= 0.6 is 0 Å². The Bertz CT molecular complexity index is 1090. The number of aromatic nitrogens is 1. The molecule has 1 N–H and O–H groups in total. The fraction of sp³-hybridized carbons (Fsp3) is 0.333. The van der Waals surface area contributed by atoms with Crippen LogP contribution in [-0.4, -0.2) is 23.2 Å². The van der Waals surface area contributed by atoms with Gasteiger partial charge in [0.1, 0.15) is 5.75 Å². The number of hydrogen-bond acceptors (Lipinski definition) is 3. The lowest BCUT2D eigenvalue weighted by atomic mass is 9.87. The molecule has 5 rings (SSSR count). The van der Waals surface area contributed by atoms with Crippen molar-refractivity contribution >= 4 is 22.5 Å². The van der Waals surface area contributed by atoms with Gasteiger partial charge in [0.2, 0.25) is 0 Å². The van der Waals surface area contributed by atoms with E-state index in [0.717, 1.165) is 29.3 Å². The maximum atomic E-state index is 12.8. The monoisotopic (exact) mass is 373 g/mol. The van der Waals surface area contributed by atoms with Crippen molar-refractivity contribution < 1.29 is 14.3 Å². The molecule has 28 heavy (non-hydrogen) atoms. The molecular formula is C24H23NO3. The Morgan fingerprint density at radius 1 is 1.11 bits per heavy atom. The number of hydrogen-bond donors (Lipinski definition) is 1. The van der Waals surface area contributed by atoms with E-state index in [0.29, 0.717) is 42.2 Å². The highest BCUT2D eigenvalue weighted by molar-refractivity contribution is 6.04. The highest BCUT2D eigenvalue weighted by atomic mass is 16.5. The predicted octanol–water partition coefficient (Wildman–Crippen LogP) is 5.27. The molecule has 1 aromatic heterocycles. The molecule has 0 saturated heterocycles. The van der Waals surface area contributed by atoms with Crippen molar-refractivity contribution in [2.75, 3.05) is 6.61 Å². The molecule has 3 aromatic rings. The fourth-order valence-corrected chi connectivity index (χ4v) is 4.26. The number of carbonyl (C=O) groups excluding carboxylic acids is 2. The zero-order valence-electron chi connectivity index (χ0n) is 16.0. The first-order valence-corrected chi connectivity index (χ1v) is 10.1. The largest absolute Gasteiger partial charge is 0.492 e. The minimum atomic E-state index is 0.0200. The summed E-state index contributed by atoms with van der Waals surface area (Å²) in [6.07, 6.45) is 5.19. The normalized spacial score (nSPS) is 18.1. The molecule has 1 aliphatic carbocycles. The number of ketones is 2. The zero-order valence-corrected chi connectivity index (χ0v) is 16.0. The second-order valence-electron chi connectivity index (χ2n) is 7.94. The third-order valence-corrected chi connectivity index (χ3v) is 6.01. The Morgan fingerprint density at radius 2 is 1.96 bits per heavy atom. The molecule has 0 unspecified atom stereocenters. The number of ether oxygens (including phenoxy) is 1. The number of benzene rings is 2. The molecule has 0 bridgehead atoms. The summed E-state index contributed by atoms with van der Waals surface area (Å²) < 4.78 is 6.03. The van der Waals surface area contributed by atoms with Crippen LogP contribution in [0.25, 0.3) is 10.9 Å². The molecule has 2 heterocycles. The van der Waals surface area contributed by atoms with Crippen molar-refractivity contribution in [2.24, 2.45) is 5.92 Å². The number of fused-ring (bicyclic) bond motifs is 2. The molecular weight excluding hydrogens is 350 g/mol. The quantitative estimate of drug-likeness (QED) is 0.599. The smallest absolute Gasteiger partial charge is 0.166 e. The minimum Gasteiger partial charge on any atom is -0.492 e. The van der Waals surface area contributed by atoms with Crippen molar-refractivity contribution in [3.8, 4) is 5.75 Å². The van der Waals surface area contributed by atoms with Crippen LogP contribution in [0.2, 0.25) is 0 Å². The zero-order chi connectivity index (χ0) is 19.3. The Balaban J connectivity index is 1.63. The first-order chi connectivity index (χ1) is 13.7. The van der Waals surface area contributed by atoms with Crippen LogP contribution in [0.4, 0.5) is 0 Å². The average Bonchev–Trinajstić information content (AvgIpc) is 3.23. The van der Waals surface area contributed by atoms with Crippen LogP contribution in [0.3, 0.4) is 0 Å². The summed E-state index contributed by atoms with van der Waals surface area (Å²) in [5, 5.41) is 1.15. The number of Topliss-reactive ketones (excluding diaryl/α,β-unsaturated/α-hetero) is 2. The van der Waals surface area contributed by atoms with Crippen molar-refractivity contribution in [1.29, 1.82) is 0 Å². The van der Waals surface area contributed by atoms with Gasteiger partial charge in [0.05, 0.1) is 12.2 Å². The van der Waals surface area contributed by atoms with Gasteiger partial charge >= 0.3 is 0 Å². The topological polar surface area (TPSA) is 59.2 Å². The van der Waals surface area contributed by atoms with Crippen LogP contribution in [0, 0.1) is 5.92 Å². The summed E-state index contributed by atoms with van der Waals surface area (Å²) in [6.45, 7) is 2.34. The van der Waals surface area contributed by atoms with Crippen LogP contribution < -0.4 is 4.74 Å². The first-order valence-electron chi connectivity index (χ1n) is 10.1. The third-order valence-electron chi connectivity index (χ3n) is 6.01. The van der Waals surface area contributed by atoms with E-state index in [1.54, 1.807) is 6.07 Å². The van der Waals surface area contributed by atoms with Gasteiger partial charge in [0.15, 0.2) is 11.6 Å². The summed E-state index contributed by atoms with van der Waals surface area (Å²) in [7, 11) is 0. The molecule has 0 spiro atoms. The number of H-pyrrole nitrogens is 1. The van der Waals surface area contributed by atoms with Crippen molar-refractivity contribution in [1.82, 2.24) is 4.98 Å². The molecule has 1 fully saturated rings. The van der Waals surface area contributed by atoms with E-state index in [9.17, 15) is 9.59 Å². The Morgan fingerprint density at radius 3 is 2.75 bits per heavy atom. The Kier molecular flexibility index (Phi) is 4.08. The maximum Gasteiger partial charge on any atom is 0.166 e. The SMILES string of the molecule is CCC(=O)c1cc(C(=O)CC2CC2)cc2c1OC[C@H]2c1cccc2[nH]ccc12. The van der Waals surface area contributed by atoms with E-state index >= 15 is 0 Å². The van der Waals surface area contributed by atoms with Crippen molar-refractivity contribution in [3.63, 3.8) is 0 Å². The van der Waals surface area contributed by atoms with Crippen LogP contribution in [0.1, 0.15) is 70.4 Å². The second-order valence-corrected chi connectivity index (χ2v) is 7.94. The molecule has 4 nitrogen and oxygen atoms in total. The summed E-state index contributed by atoms with van der Waals surface area (Å²) in [5.41, 5.74) is 4.42. The van der Waals surface area contributed by atoms with Gasteiger partial charge in [-0.1, -0.05) is 19.1 Å². The van der Waals surface area contributed by atoms with Gasteiger partial charge in [-0.3, -0.25) is 9.59 Å². The predicted molar refractivity (Wildman–Crippen MR) is 108 cm³/mol. The van der Waals surface area contributed by atoms with E-state index in [2.05, 4.69) is 23.2 Å². The van der Waals surface area contributed by atoms with Gasteiger partial charge in [0, 0.05) is 47.0 Å². The third kappa shape index (κ3) is 2.84. The molecule has 2 aromatic carbocycles. The van der Waals surface area contributed by atoms with Gasteiger partial charge < -0.3 is 9.72 Å². The second kappa shape index (κ2) is 6.62. The summed E-state index contributed by atoms with van der Waals surface area (Å²) in [6, 6.07) is 12.0. The van der Waals surface area contributed by atoms with E-state index in [1.807, 2.05) is 25.3 Å². The van der Waals surface area contributed by atoms with E-state index in [-0.39, 0.29) is 17.5 Å². The van der Waals surface area contributed by atoms with E-state index in [1.165, 1.54) is 5.56 Å². The lowest BCUT2D eigenvalue weighted by Crippen LogP contribution is -2.07. The average molecular weight is 373 g/mol. The van der Waals surface area contributed by atoms with E-state index < -0.39 is 0 Å². The molecule has 0 amide bonds. The summed E-state index contributed by atoms with van der Waals surface area (Å²) in [4.78, 5) is 28.7. The number of aromatic amines is 1. The van der Waals surface area contributed by atoms with Crippen LogP contribution in [-0.2, 0) is 0 Å². The van der Waals surface area contributed by atoms with Crippen molar-refractivity contribution in [2.45, 2.75) is 38.5 Å². The molecule has 2 aliphatic rings. The van der Waals surface area contributed by atoms with Gasteiger partial charge in [-0.15, -0.1) is 0 Å². The molecule has 4 heteroatoms. The highest BCUT2D eigenvalue weighted by Gasteiger charge is 2.33.